The predicted octanol–water partition coefficient (Wildman–Crippen LogP) is 3.52. The summed E-state index contributed by atoms with van der Waals surface area (Å²) >= 11 is 1.57. The Morgan fingerprint density at radius 1 is 1.05 bits per heavy atom. The Kier molecular flexibility index (Phi) is 4.13. The molecular formula is C16H14FN3S. The normalized spacial score (nSPS) is 11.0. The number of hydrogen-bond donors (Lipinski definition) is 1. The molecule has 0 saturated carbocycles. The summed E-state index contributed by atoms with van der Waals surface area (Å²) < 4.78 is 13.4. The molecule has 0 amide bonds. The van der Waals surface area contributed by atoms with E-state index in [2.05, 4.69) is 9.97 Å². The second-order valence-corrected chi connectivity index (χ2v) is 5.57. The first-order valence-corrected chi connectivity index (χ1v) is 7.56. The topological polar surface area (TPSA) is 51.8 Å². The van der Waals surface area contributed by atoms with Crippen LogP contribution in [0.2, 0.25) is 0 Å². The number of halogens is 1. The van der Waals surface area contributed by atoms with Gasteiger partial charge in [0.15, 0.2) is 0 Å². The van der Waals surface area contributed by atoms with Crippen molar-refractivity contribution in [1.82, 2.24) is 9.97 Å². The lowest BCUT2D eigenvalue weighted by Gasteiger charge is -2.08. The van der Waals surface area contributed by atoms with Crippen LogP contribution in [-0.4, -0.2) is 9.97 Å². The van der Waals surface area contributed by atoms with Gasteiger partial charge in [-0.05, 0) is 29.3 Å². The summed E-state index contributed by atoms with van der Waals surface area (Å²) in [6, 6.07) is 12.6. The maximum absolute atomic E-state index is 13.4. The van der Waals surface area contributed by atoms with E-state index in [1.54, 1.807) is 30.2 Å². The molecular weight excluding hydrogens is 285 g/mol. The molecule has 0 spiro atoms. The van der Waals surface area contributed by atoms with Crippen molar-refractivity contribution in [1.29, 1.82) is 0 Å². The van der Waals surface area contributed by atoms with Gasteiger partial charge in [0.2, 0.25) is 0 Å². The van der Waals surface area contributed by atoms with Crippen LogP contribution in [0.5, 0.6) is 0 Å². The quantitative estimate of drug-likeness (QED) is 0.591. The van der Waals surface area contributed by atoms with Crippen molar-refractivity contribution in [3.63, 3.8) is 0 Å². The Morgan fingerprint density at radius 2 is 1.90 bits per heavy atom. The number of para-hydroxylation sites is 1. The van der Waals surface area contributed by atoms with E-state index >= 15 is 0 Å². The van der Waals surface area contributed by atoms with Gasteiger partial charge in [0.25, 0.3) is 0 Å². The predicted molar refractivity (Wildman–Crippen MR) is 83.4 cm³/mol. The highest BCUT2D eigenvalue weighted by atomic mass is 32.2. The maximum Gasteiger partial charge on any atom is 0.123 e. The van der Waals surface area contributed by atoms with Crippen LogP contribution >= 0.6 is 11.8 Å². The van der Waals surface area contributed by atoms with E-state index in [-0.39, 0.29) is 5.82 Å². The number of aromatic nitrogens is 2. The molecule has 0 radical (unpaired) electrons. The average molecular weight is 299 g/mol. The number of thioether (sulfide) groups is 1. The van der Waals surface area contributed by atoms with Crippen LogP contribution in [0.1, 0.15) is 11.1 Å². The van der Waals surface area contributed by atoms with Crippen LogP contribution in [0.25, 0.3) is 10.9 Å². The zero-order valence-corrected chi connectivity index (χ0v) is 12.1. The van der Waals surface area contributed by atoms with Crippen LogP contribution < -0.4 is 5.73 Å². The lowest BCUT2D eigenvalue weighted by atomic mass is 10.1. The Labute approximate surface area is 126 Å². The molecule has 0 aliphatic heterocycles. The highest BCUT2D eigenvalue weighted by Crippen LogP contribution is 2.28. The molecule has 5 heteroatoms. The highest BCUT2D eigenvalue weighted by molar-refractivity contribution is 7.98. The molecule has 0 unspecified atom stereocenters. The van der Waals surface area contributed by atoms with E-state index in [1.165, 1.54) is 6.07 Å². The zero-order valence-electron chi connectivity index (χ0n) is 11.3. The third-order valence-electron chi connectivity index (χ3n) is 3.26. The molecule has 3 aromatic rings. The standard InChI is InChI=1S/C16H14FN3S/c17-13-6-5-11(8-18)12(7-13)9-21-16-14-3-1-2-4-15(14)19-10-20-16/h1-7,10H,8-9,18H2. The van der Waals surface area contributed by atoms with Crippen LogP contribution in [0.3, 0.4) is 0 Å². The van der Waals surface area contributed by atoms with Crippen molar-refractivity contribution in [2.45, 2.75) is 17.3 Å². The molecule has 21 heavy (non-hydrogen) atoms. The van der Waals surface area contributed by atoms with Gasteiger partial charge in [0.1, 0.15) is 17.2 Å². The Bertz CT molecular complexity index is 771. The van der Waals surface area contributed by atoms with Gasteiger partial charge in [0, 0.05) is 17.7 Å². The monoisotopic (exact) mass is 299 g/mol. The van der Waals surface area contributed by atoms with Crippen LogP contribution in [0, 0.1) is 5.82 Å². The number of nitrogens with two attached hydrogens (primary N) is 1. The molecule has 0 atom stereocenters. The fraction of sp³-hybridized carbons (Fsp3) is 0.125. The van der Waals surface area contributed by atoms with Crippen LogP contribution in [0.4, 0.5) is 4.39 Å². The van der Waals surface area contributed by atoms with Crippen LogP contribution in [-0.2, 0) is 12.3 Å². The van der Waals surface area contributed by atoms with E-state index in [9.17, 15) is 4.39 Å². The van der Waals surface area contributed by atoms with E-state index in [1.807, 2.05) is 24.3 Å². The fourth-order valence-corrected chi connectivity index (χ4v) is 3.18. The van der Waals surface area contributed by atoms with Gasteiger partial charge < -0.3 is 5.73 Å². The molecule has 0 fully saturated rings. The summed E-state index contributed by atoms with van der Waals surface area (Å²) in [4.78, 5) is 8.57. The van der Waals surface area contributed by atoms with Crippen molar-refractivity contribution >= 4 is 22.7 Å². The third kappa shape index (κ3) is 3.04. The SMILES string of the molecule is NCc1ccc(F)cc1CSc1ncnc2ccccc12. The molecule has 106 valence electrons. The number of rotatable bonds is 4. The summed E-state index contributed by atoms with van der Waals surface area (Å²) in [6.07, 6.45) is 1.56. The highest BCUT2D eigenvalue weighted by Gasteiger charge is 2.07. The van der Waals surface area contributed by atoms with Crippen molar-refractivity contribution in [3.8, 4) is 0 Å². The molecule has 2 N–H and O–H groups in total. The molecule has 1 heterocycles. The molecule has 1 aromatic heterocycles. The van der Waals surface area contributed by atoms with Gasteiger partial charge in [-0.3, -0.25) is 0 Å². The number of hydrogen-bond acceptors (Lipinski definition) is 4. The Balaban J connectivity index is 1.89. The van der Waals surface area contributed by atoms with Crippen molar-refractivity contribution in [3.05, 3.63) is 65.7 Å². The third-order valence-corrected chi connectivity index (χ3v) is 4.31. The number of nitrogens with zero attached hydrogens (tertiary/aromatic N) is 2. The fourth-order valence-electron chi connectivity index (χ4n) is 2.17. The zero-order chi connectivity index (χ0) is 14.7. The summed E-state index contributed by atoms with van der Waals surface area (Å²) in [6.45, 7) is 0.403. The smallest absolute Gasteiger partial charge is 0.123 e. The average Bonchev–Trinajstić information content (AvgIpc) is 2.53. The molecule has 3 nitrogen and oxygen atoms in total. The van der Waals surface area contributed by atoms with E-state index in [0.29, 0.717) is 12.3 Å². The number of benzene rings is 2. The van der Waals surface area contributed by atoms with Gasteiger partial charge in [-0.15, -0.1) is 11.8 Å². The van der Waals surface area contributed by atoms with Gasteiger partial charge in [-0.1, -0.05) is 24.3 Å². The first-order chi connectivity index (χ1) is 10.3. The van der Waals surface area contributed by atoms with Crippen molar-refractivity contribution in [2.24, 2.45) is 5.73 Å². The lowest BCUT2D eigenvalue weighted by Crippen LogP contribution is -2.01. The van der Waals surface area contributed by atoms with E-state index < -0.39 is 0 Å². The summed E-state index contributed by atoms with van der Waals surface area (Å²) in [5.41, 5.74) is 8.48. The summed E-state index contributed by atoms with van der Waals surface area (Å²) in [5, 5.41) is 1.91. The van der Waals surface area contributed by atoms with Crippen molar-refractivity contribution in [2.75, 3.05) is 0 Å². The summed E-state index contributed by atoms with van der Waals surface area (Å²) in [5.74, 6) is 0.390. The first-order valence-electron chi connectivity index (χ1n) is 6.58. The molecule has 0 aliphatic rings. The minimum absolute atomic E-state index is 0.240. The molecule has 3 rings (SSSR count). The second-order valence-electron chi connectivity index (χ2n) is 4.60. The molecule has 0 saturated heterocycles. The van der Waals surface area contributed by atoms with Gasteiger partial charge in [-0.2, -0.15) is 0 Å². The maximum atomic E-state index is 13.4. The molecule has 0 aliphatic carbocycles. The molecule has 2 aromatic carbocycles. The van der Waals surface area contributed by atoms with Gasteiger partial charge in [-0.25, -0.2) is 14.4 Å². The summed E-state index contributed by atoms with van der Waals surface area (Å²) in [7, 11) is 0. The number of fused-ring (bicyclic) bond motifs is 1. The van der Waals surface area contributed by atoms with E-state index in [0.717, 1.165) is 27.1 Å². The molecule has 0 bridgehead atoms. The lowest BCUT2D eigenvalue weighted by molar-refractivity contribution is 0.625. The minimum Gasteiger partial charge on any atom is -0.326 e. The first kappa shape index (κ1) is 14.0. The Hall–Kier alpha value is -1.98. The Morgan fingerprint density at radius 3 is 2.76 bits per heavy atom. The van der Waals surface area contributed by atoms with Crippen molar-refractivity contribution < 1.29 is 4.39 Å². The van der Waals surface area contributed by atoms with Gasteiger partial charge in [0.05, 0.1) is 5.52 Å². The van der Waals surface area contributed by atoms with Crippen LogP contribution in [0.15, 0.2) is 53.8 Å². The minimum atomic E-state index is -0.240. The van der Waals surface area contributed by atoms with Gasteiger partial charge >= 0.3 is 0 Å². The van der Waals surface area contributed by atoms with E-state index in [4.69, 9.17) is 5.73 Å². The largest absolute Gasteiger partial charge is 0.326 e. The second kappa shape index (κ2) is 6.20.